The molecule has 1 aromatic heterocycles. The summed E-state index contributed by atoms with van der Waals surface area (Å²) >= 11 is 0. The Morgan fingerprint density at radius 3 is 2.85 bits per heavy atom. The van der Waals surface area contributed by atoms with Crippen LogP contribution in [0.25, 0.3) is 0 Å². The maximum absolute atomic E-state index is 5.67. The van der Waals surface area contributed by atoms with Crippen LogP contribution in [0.15, 0.2) is 48.7 Å². The molecule has 0 bridgehead atoms. The van der Waals surface area contributed by atoms with Crippen molar-refractivity contribution in [2.24, 2.45) is 0 Å². The molecule has 0 spiro atoms. The number of nitrogens with zero attached hydrogens (tertiary/aromatic N) is 2. The number of aromatic nitrogens is 1. The number of ether oxygens (including phenoxy) is 1. The zero-order chi connectivity index (χ0) is 17.3. The molecule has 1 aliphatic rings. The van der Waals surface area contributed by atoms with E-state index in [4.69, 9.17) is 4.74 Å². The molecule has 1 aliphatic heterocycles. The predicted octanol–water partition coefficient (Wildman–Crippen LogP) is 4.05. The van der Waals surface area contributed by atoms with Gasteiger partial charge in [-0.3, -0.25) is 9.88 Å². The van der Waals surface area contributed by atoms with Gasteiger partial charge >= 0.3 is 0 Å². The number of benzene rings is 1. The molecule has 1 saturated heterocycles. The van der Waals surface area contributed by atoms with E-state index in [0.29, 0.717) is 12.6 Å². The monoisotopic (exact) mass is 375 g/mol. The molecule has 1 N–H and O–H groups in total. The van der Waals surface area contributed by atoms with Crippen LogP contribution >= 0.6 is 12.4 Å². The van der Waals surface area contributed by atoms with Gasteiger partial charge in [0, 0.05) is 25.3 Å². The molecule has 26 heavy (non-hydrogen) atoms. The Bertz CT molecular complexity index is 630. The van der Waals surface area contributed by atoms with E-state index in [1.807, 2.05) is 25.3 Å². The fourth-order valence-electron chi connectivity index (χ4n) is 3.51. The molecule has 2 aromatic rings. The summed E-state index contributed by atoms with van der Waals surface area (Å²) in [6.07, 6.45) is 5.56. The summed E-state index contributed by atoms with van der Waals surface area (Å²) < 4.78 is 5.67. The first kappa shape index (κ1) is 20.7. The zero-order valence-electron chi connectivity index (χ0n) is 15.6. The minimum Gasteiger partial charge on any atom is -0.494 e. The lowest BCUT2D eigenvalue weighted by Gasteiger charge is -2.31. The molecule has 1 unspecified atom stereocenters. The van der Waals surface area contributed by atoms with Gasteiger partial charge in [-0.1, -0.05) is 18.2 Å². The van der Waals surface area contributed by atoms with E-state index in [-0.39, 0.29) is 12.4 Å². The van der Waals surface area contributed by atoms with Crippen LogP contribution < -0.4 is 10.1 Å². The molecule has 0 radical (unpaired) electrons. The summed E-state index contributed by atoms with van der Waals surface area (Å²) in [4.78, 5) is 7.13. The van der Waals surface area contributed by atoms with Crippen LogP contribution in [0, 0.1) is 0 Å². The molecule has 142 valence electrons. The fraction of sp³-hybridized carbons (Fsp3) is 0.476. The predicted molar refractivity (Wildman–Crippen MR) is 109 cm³/mol. The van der Waals surface area contributed by atoms with Crippen LogP contribution in [0.4, 0.5) is 0 Å². The topological polar surface area (TPSA) is 37.4 Å². The van der Waals surface area contributed by atoms with Crippen LogP contribution in [-0.2, 0) is 13.1 Å². The van der Waals surface area contributed by atoms with Crippen molar-refractivity contribution in [3.8, 4) is 5.75 Å². The van der Waals surface area contributed by atoms with Gasteiger partial charge in [0.2, 0.25) is 0 Å². The Kier molecular flexibility index (Phi) is 8.89. The van der Waals surface area contributed by atoms with Crippen molar-refractivity contribution in [1.29, 1.82) is 0 Å². The third-order valence-corrected chi connectivity index (χ3v) is 4.75. The third-order valence-electron chi connectivity index (χ3n) is 4.75. The number of halogens is 1. The van der Waals surface area contributed by atoms with Crippen molar-refractivity contribution < 1.29 is 4.74 Å². The second-order valence-electron chi connectivity index (χ2n) is 6.64. The van der Waals surface area contributed by atoms with E-state index in [1.54, 1.807) is 0 Å². The lowest BCUT2D eigenvalue weighted by molar-refractivity contribution is 0.162. The molecule has 2 heterocycles. The molecule has 1 aromatic carbocycles. The van der Waals surface area contributed by atoms with Gasteiger partial charge in [-0.15, -0.1) is 12.4 Å². The van der Waals surface area contributed by atoms with Crippen LogP contribution in [0.3, 0.4) is 0 Å². The summed E-state index contributed by atoms with van der Waals surface area (Å²) in [6.45, 7) is 6.79. The molecule has 0 saturated carbocycles. The van der Waals surface area contributed by atoms with Crippen molar-refractivity contribution in [1.82, 2.24) is 15.2 Å². The summed E-state index contributed by atoms with van der Waals surface area (Å²) in [6, 6.07) is 15.3. The molecule has 1 atom stereocenters. The average Bonchev–Trinajstić information content (AvgIpc) is 2.92. The van der Waals surface area contributed by atoms with E-state index in [1.165, 1.54) is 24.8 Å². The third kappa shape index (κ3) is 6.27. The van der Waals surface area contributed by atoms with E-state index >= 15 is 0 Å². The number of hydrogen-bond donors (Lipinski definition) is 1. The van der Waals surface area contributed by atoms with Crippen LogP contribution in [-0.4, -0.2) is 35.6 Å². The van der Waals surface area contributed by atoms with E-state index in [0.717, 1.165) is 37.6 Å². The normalized spacial score (nSPS) is 17.4. The molecule has 0 aliphatic carbocycles. The van der Waals surface area contributed by atoms with Crippen molar-refractivity contribution in [3.05, 3.63) is 59.9 Å². The Balaban J connectivity index is 0.00000243. The summed E-state index contributed by atoms with van der Waals surface area (Å²) in [5.74, 6) is 0.959. The van der Waals surface area contributed by atoms with Gasteiger partial charge in [0.15, 0.2) is 0 Å². The van der Waals surface area contributed by atoms with Gasteiger partial charge in [-0.05, 0) is 69.1 Å². The average molecular weight is 376 g/mol. The standard InChI is InChI=1S/C21H29N3O.ClH/c1-2-25-21-10-5-7-18(15-21)16-24(17-19-8-3-4-13-23-19)20-9-6-12-22-14-11-20;/h3-5,7-8,10,13,15,20,22H,2,6,9,11-12,14,16-17H2,1H3;1H. The van der Waals surface area contributed by atoms with Crippen LogP contribution in [0.1, 0.15) is 37.4 Å². The molecule has 0 amide bonds. The highest BCUT2D eigenvalue weighted by Crippen LogP contribution is 2.21. The Morgan fingerprint density at radius 2 is 2.04 bits per heavy atom. The maximum Gasteiger partial charge on any atom is 0.119 e. The van der Waals surface area contributed by atoms with Gasteiger partial charge in [0.1, 0.15) is 5.75 Å². The molecule has 1 fully saturated rings. The van der Waals surface area contributed by atoms with Crippen molar-refractivity contribution >= 4 is 12.4 Å². The minimum atomic E-state index is 0. The molecule has 5 heteroatoms. The van der Waals surface area contributed by atoms with Gasteiger partial charge in [-0.2, -0.15) is 0 Å². The van der Waals surface area contributed by atoms with Gasteiger partial charge in [0.05, 0.1) is 12.3 Å². The van der Waals surface area contributed by atoms with Crippen molar-refractivity contribution in [2.75, 3.05) is 19.7 Å². The maximum atomic E-state index is 5.67. The van der Waals surface area contributed by atoms with Crippen molar-refractivity contribution in [3.63, 3.8) is 0 Å². The quantitative estimate of drug-likeness (QED) is 0.792. The first-order valence-corrected chi connectivity index (χ1v) is 9.41. The first-order valence-electron chi connectivity index (χ1n) is 9.41. The lowest BCUT2D eigenvalue weighted by Crippen LogP contribution is -2.35. The zero-order valence-corrected chi connectivity index (χ0v) is 16.4. The molecular weight excluding hydrogens is 346 g/mol. The van der Waals surface area contributed by atoms with Crippen LogP contribution in [0.5, 0.6) is 5.75 Å². The number of nitrogens with one attached hydrogen (secondary N) is 1. The molecular formula is C21H30ClN3O. The van der Waals surface area contributed by atoms with Gasteiger partial charge < -0.3 is 10.1 Å². The Hall–Kier alpha value is -1.62. The highest BCUT2D eigenvalue weighted by atomic mass is 35.5. The van der Waals surface area contributed by atoms with E-state index < -0.39 is 0 Å². The van der Waals surface area contributed by atoms with E-state index in [2.05, 4.69) is 45.5 Å². The van der Waals surface area contributed by atoms with Gasteiger partial charge in [-0.25, -0.2) is 0 Å². The van der Waals surface area contributed by atoms with E-state index in [9.17, 15) is 0 Å². The molecule has 3 rings (SSSR count). The Morgan fingerprint density at radius 1 is 1.12 bits per heavy atom. The number of rotatable bonds is 7. The number of hydrogen-bond acceptors (Lipinski definition) is 4. The highest BCUT2D eigenvalue weighted by molar-refractivity contribution is 5.85. The summed E-state index contributed by atoms with van der Waals surface area (Å²) in [7, 11) is 0. The smallest absolute Gasteiger partial charge is 0.119 e. The largest absolute Gasteiger partial charge is 0.494 e. The van der Waals surface area contributed by atoms with Gasteiger partial charge in [0.25, 0.3) is 0 Å². The molecule has 4 nitrogen and oxygen atoms in total. The minimum absolute atomic E-state index is 0. The Labute approximate surface area is 163 Å². The number of pyridine rings is 1. The second-order valence-corrected chi connectivity index (χ2v) is 6.64. The summed E-state index contributed by atoms with van der Waals surface area (Å²) in [5.41, 5.74) is 2.44. The second kappa shape index (κ2) is 11.2. The van der Waals surface area contributed by atoms with Crippen LogP contribution in [0.2, 0.25) is 0 Å². The van der Waals surface area contributed by atoms with Crippen molar-refractivity contribution in [2.45, 2.75) is 45.3 Å². The highest BCUT2D eigenvalue weighted by Gasteiger charge is 2.21. The SMILES string of the molecule is CCOc1cccc(CN(Cc2ccccn2)C2CCCNCC2)c1.Cl. The lowest BCUT2D eigenvalue weighted by atomic mass is 10.1. The summed E-state index contributed by atoms with van der Waals surface area (Å²) in [5, 5.41) is 3.52. The first-order chi connectivity index (χ1) is 12.3. The fourth-order valence-corrected chi connectivity index (χ4v) is 3.51.